The first-order chi connectivity index (χ1) is 10.4. The fourth-order valence-electron chi connectivity index (χ4n) is 5.62. The third kappa shape index (κ3) is 2.74. The predicted molar refractivity (Wildman–Crippen MR) is 96.6 cm³/mol. The smallest absolute Gasteiger partial charge is 0.0100 e. The molecule has 122 valence electrons. The van der Waals surface area contributed by atoms with Crippen LogP contribution in [0.15, 0.2) is 36.0 Å². The average Bonchev–Trinajstić information content (AvgIpc) is 2.46. The van der Waals surface area contributed by atoms with E-state index in [2.05, 4.69) is 52.5 Å². The maximum Gasteiger partial charge on any atom is 0.0100 e. The Kier molecular flexibility index (Phi) is 4.40. The van der Waals surface area contributed by atoms with Gasteiger partial charge in [0.15, 0.2) is 0 Å². The molecule has 2 fully saturated rings. The fourth-order valence-corrected chi connectivity index (χ4v) is 5.62. The van der Waals surface area contributed by atoms with Crippen molar-refractivity contribution in [3.05, 3.63) is 36.0 Å². The molecule has 3 aliphatic rings. The number of fused-ring (bicyclic) bond motifs is 3. The lowest BCUT2D eigenvalue weighted by Gasteiger charge is -2.54. The summed E-state index contributed by atoms with van der Waals surface area (Å²) < 4.78 is 0. The largest absolute Gasteiger partial charge is 0.0918 e. The molecular formula is C22H34. The molecule has 5 atom stereocenters. The van der Waals surface area contributed by atoms with E-state index in [0.29, 0.717) is 5.41 Å². The Hall–Kier alpha value is -0.780. The maximum atomic E-state index is 4.15. The Labute approximate surface area is 137 Å². The molecule has 0 radical (unpaired) electrons. The molecule has 0 saturated heterocycles. The molecule has 0 spiro atoms. The van der Waals surface area contributed by atoms with E-state index >= 15 is 0 Å². The van der Waals surface area contributed by atoms with Crippen molar-refractivity contribution in [2.45, 2.75) is 66.2 Å². The summed E-state index contributed by atoms with van der Waals surface area (Å²) in [5.74, 6) is 4.54. The lowest BCUT2D eigenvalue weighted by atomic mass is 9.50. The summed E-state index contributed by atoms with van der Waals surface area (Å²) in [7, 11) is 0. The molecule has 0 nitrogen and oxygen atoms in total. The molecule has 22 heavy (non-hydrogen) atoms. The highest BCUT2D eigenvalue weighted by atomic mass is 14.5. The van der Waals surface area contributed by atoms with E-state index in [-0.39, 0.29) is 0 Å². The molecule has 0 aromatic carbocycles. The van der Waals surface area contributed by atoms with Gasteiger partial charge in [-0.3, -0.25) is 0 Å². The van der Waals surface area contributed by atoms with Crippen LogP contribution in [0.5, 0.6) is 0 Å². The van der Waals surface area contributed by atoms with Crippen molar-refractivity contribution in [2.75, 3.05) is 0 Å². The molecule has 2 saturated carbocycles. The van der Waals surface area contributed by atoms with Gasteiger partial charge in [-0.2, -0.15) is 0 Å². The third-order valence-corrected chi connectivity index (χ3v) is 7.02. The van der Waals surface area contributed by atoms with Crippen LogP contribution in [-0.4, -0.2) is 0 Å². The number of hydrogen-bond acceptors (Lipinski definition) is 0. The van der Waals surface area contributed by atoms with Crippen LogP contribution in [0.3, 0.4) is 0 Å². The Morgan fingerprint density at radius 2 is 2.05 bits per heavy atom. The second-order valence-corrected chi connectivity index (χ2v) is 8.86. The number of rotatable bonds is 3. The van der Waals surface area contributed by atoms with Crippen molar-refractivity contribution in [1.29, 1.82) is 0 Å². The Balaban J connectivity index is 1.84. The van der Waals surface area contributed by atoms with Crippen molar-refractivity contribution in [1.82, 2.24) is 0 Å². The third-order valence-electron chi connectivity index (χ3n) is 7.02. The van der Waals surface area contributed by atoms with Gasteiger partial charge in [-0.15, -0.1) is 0 Å². The second kappa shape index (κ2) is 6.02. The Morgan fingerprint density at radius 1 is 1.27 bits per heavy atom. The minimum absolute atomic E-state index is 0.320. The first kappa shape index (κ1) is 16.1. The average molecular weight is 299 g/mol. The second-order valence-electron chi connectivity index (χ2n) is 8.86. The number of allylic oxidation sites excluding steroid dienone is 5. The molecule has 5 unspecified atom stereocenters. The van der Waals surface area contributed by atoms with Gasteiger partial charge in [0.1, 0.15) is 0 Å². The normalized spacial score (nSPS) is 41.1. The molecule has 0 aromatic heterocycles. The van der Waals surface area contributed by atoms with E-state index in [0.717, 1.165) is 29.6 Å². The first-order valence-electron chi connectivity index (χ1n) is 9.51. The summed E-state index contributed by atoms with van der Waals surface area (Å²) in [4.78, 5) is 0. The van der Waals surface area contributed by atoms with E-state index in [4.69, 9.17) is 0 Å². The van der Waals surface area contributed by atoms with Crippen molar-refractivity contribution in [2.24, 2.45) is 35.0 Å². The summed E-state index contributed by atoms with van der Waals surface area (Å²) >= 11 is 0. The highest BCUT2D eigenvalue weighted by Gasteiger charge is 2.49. The topological polar surface area (TPSA) is 0 Å². The highest BCUT2D eigenvalue weighted by Crippen LogP contribution is 2.58. The predicted octanol–water partition coefficient (Wildman–Crippen LogP) is 6.55. The SMILES string of the molecule is C=C1C=CC2(C)C(=C1)CCC1C(CCC(C)C)C(C)CCC12. The van der Waals surface area contributed by atoms with Crippen LogP contribution in [-0.2, 0) is 0 Å². The maximum absolute atomic E-state index is 4.15. The summed E-state index contributed by atoms with van der Waals surface area (Å²) in [6.45, 7) is 13.9. The fraction of sp³-hybridized carbons (Fsp3) is 0.727. The molecule has 0 heterocycles. The molecule has 0 aromatic rings. The summed E-state index contributed by atoms with van der Waals surface area (Å²) in [5, 5.41) is 0. The van der Waals surface area contributed by atoms with Crippen molar-refractivity contribution < 1.29 is 0 Å². The quantitative estimate of drug-likeness (QED) is 0.554. The molecule has 0 aliphatic heterocycles. The van der Waals surface area contributed by atoms with Crippen LogP contribution in [0.1, 0.15) is 66.2 Å². The van der Waals surface area contributed by atoms with E-state index in [1.54, 1.807) is 5.57 Å². The van der Waals surface area contributed by atoms with Gasteiger partial charge in [0.25, 0.3) is 0 Å². The molecular weight excluding hydrogens is 264 g/mol. The van der Waals surface area contributed by atoms with Crippen LogP contribution < -0.4 is 0 Å². The lowest BCUT2D eigenvalue weighted by Crippen LogP contribution is -2.46. The van der Waals surface area contributed by atoms with Crippen molar-refractivity contribution in [3.63, 3.8) is 0 Å². The number of hydrogen-bond donors (Lipinski definition) is 0. The van der Waals surface area contributed by atoms with Gasteiger partial charge in [-0.1, -0.05) is 70.9 Å². The monoisotopic (exact) mass is 298 g/mol. The van der Waals surface area contributed by atoms with E-state index in [1.165, 1.54) is 44.1 Å². The minimum atomic E-state index is 0.320. The van der Waals surface area contributed by atoms with Gasteiger partial charge in [-0.25, -0.2) is 0 Å². The molecule has 3 rings (SSSR count). The van der Waals surface area contributed by atoms with Crippen LogP contribution in [0.4, 0.5) is 0 Å². The highest BCUT2D eigenvalue weighted by molar-refractivity contribution is 5.43. The summed E-state index contributed by atoms with van der Waals surface area (Å²) in [5.41, 5.74) is 3.19. The molecule has 0 heteroatoms. The molecule has 0 N–H and O–H groups in total. The van der Waals surface area contributed by atoms with Gasteiger partial charge in [0, 0.05) is 5.41 Å². The van der Waals surface area contributed by atoms with E-state index in [9.17, 15) is 0 Å². The van der Waals surface area contributed by atoms with E-state index < -0.39 is 0 Å². The standard InChI is InChI=1S/C22H34/c1-15(2)6-9-19-17(4)7-11-21-20(19)10-8-18-14-16(3)12-13-22(18,21)5/h12-15,17,19-21H,3,6-11H2,1-2,4-5H3. The molecule has 0 bridgehead atoms. The summed E-state index contributed by atoms with van der Waals surface area (Å²) in [6.07, 6.45) is 15.6. The van der Waals surface area contributed by atoms with Gasteiger partial charge < -0.3 is 0 Å². The van der Waals surface area contributed by atoms with Crippen LogP contribution >= 0.6 is 0 Å². The zero-order valence-corrected chi connectivity index (χ0v) is 15.1. The Morgan fingerprint density at radius 3 is 2.77 bits per heavy atom. The van der Waals surface area contributed by atoms with Crippen molar-refractivity contribution in [3.8, 4) is 0 Å². The van der Waals surface area contributed by atoms with Crippen LogP contribution in [0.2, 0.25) is 0 Å². The van der Waals surface area contributed by atoms with Gasteiger partial charge >= 0.3 is 0 Å². The molecule has 3 aliphatic carbocycles. The molecule has 0 amide bonds. The van der Waals surface area contributed by atoms with Crippen LogP contribution in [0.25, 0.3) is 0 Å². The van der Waals surface area contributed by atoms with E-state index in [1.807, 2.05) is 0 Å². The zero-order chi connectivity index (χ0) is 15.9. The minimum Gasteiger partial charge on any atom is -0.0918 e. The van der Waals surface area contributed by atoms with Crippen LogP contribution in [0, 0.1) is 35.0 Å². The lowest BCUT2D eigenvalue weighted by molar-refractivity contribution is 0.0156. The van der Waals surface area contributed by atoms with Gasteiger partial charge in [-0.05, 0) is 60.8 Å². The summed E-state index contributed by atoms with van der Waals surface area (Å²) in [6, 6.07) is 0. The first-order valence-corrected chi connectivity index (χ1v) is 9.51. The van der Waals surface area contributed by atoms with Gasteiger partial charge in [0.2, 0.25) is 0 Å². The van der Waals surface area contributed by atoms with Gasteiger partial charge in [0.05, 0.1) is 0 Å². The van der Waals surface area contributed by atoms with Crippen molar-refractivity contribution >= 4 is 0 Å². The zero-order valence-electron chi connectivity index (χ0n) is 15.1. The Bertz CT molecular complexity index is 492.